The maximum atomic E-state index is 12.8. The van der Waals surface area contributed by atoms with Gasteiger partial charge in [0.05, 0.1) is 24.3 Å². The minimum absolute atomic E-state index is 0.119. The number of carbonyl (C=O) groups is 3. The third-order valence-corrected chi connectivity index (χ3v) is 4.97. The van der Waals surface area contributed by atoms with E-state index in [-0.39, 0.29) is 11.6 Å². The van der Waals surface area contributed by atoms with Crippen LogP contribution in [0.25, 0.3) is 11.0 Å². The molecule has 2 amide bonds. The number of esters is 1. The summed E-state index contributed by atoms with van der Waals surface area (Å²) < 4.78 is 4.77. The number of para-hydroxylation sites is 2. The molecule has 156 valence electrons. The number of methoxy groups -OCH3 is 1. The molecule has 1 aromatic heterocycles. The molecule has 2 N–H and O–H groups in total. The van der Waals surface area contributed by atoms with E-state index in [0.29, 0.717) is 23.2 Å². The first kappa shape index (κ1) is 22.6. The maximum absolute atomic E-state index is 12.8. The highest BCUT2D eigenvalue weighted by Crippen LogP contribution is 2.10. The van der Waals surface area contributed by atoms with E-state index >= 15 is 0 Å². The number of ether oxygens (including phenoxy) is 1. The van der Waals surface area contributed by atoms with Gasteiger partial charge in [-0.2, -0.15) is 11.8 Å². The molecule has 29 heavy (non-hydrogen) atoms. The monoisotopic (exact) mass is 418 g/mol. The van der Waals surface area contributed by atoms with Crippen LogP contribution in [0, 0.1) is 5.92 Å². The second-order valence-electron chi connectivity index (χ2n) is 6.80. The number of aromatic nitrogens is 2. The van der Waals surface area contributed by atoms with Gasteiger partial charge in [-0.05, 0) is 36.5 Å². The molecular weight excluding hydrogens is 392 g/mol. The third-order valence-electron chi connectivity index (χ3n) is 4.33. The zero-order valence-corrected chi connectivity index (χ0v) is 17.8. The number of amides is 2. The average Bonchev–Trinajstić information content (AvgIpc) is 2.73. The fourth-order valence-electron chi connectivity index (χ4n) is 2.71. The highest BCUT2D eigenvalue weighted by molar-refractivity contribution is 7.98. The Hall–Kier alpha value is -2.68. The van der Waals surface area contributed by atoms with E-state index in [1.165, 1.54) is 13.3 Å². The molecule has 1 aromatic carbocycles. The van der Waals surface area contributed by atoms with Crippen molar-refractivity contribution in [3.05, 3.63) is 36.2 Å². The summed E-state index contributed by atoms with van der Waals surface area (Å²) in [5.74, 6) is -0.979. The number of fused-ring (bicyclic) bond motifs is 1. The topological polar surface area (TPSA) is 110 Å². The van der Waals surface area contributed by atoms with Crippen LogP contribution in [-0.4, -0.2) is 59.0 Å². The van der Waals surface area contributed by atoms with Crippen molar-refractivity contribution in [1.29, 1.82) is 0 Å². The van der Waals surface area contributed by atoms with Crippen molar-refractivity contribution in [2.45, 2.75) is 32.4 Å². The largest absolute Gasteiger partial charge is 0.467 e. The predicted molar refractivity (Wildman–Crippen MR) is 113 cm³/mol. The Bertz CT molecular complexity index is 874. The lowest BCUT2D eigenvalue weighted by molar-refractivity contribution is -0.145. The summed E-state index contributed by atoms with van der Waals surface area (Å²) in [6, 6.07) is 5.61. The van der Waals surface area contributed by atoms with Gasteiger partial charge < -0.3 is 15.4 Å². The van der Waals surface area contributed by atoms with Gasteiger partial charge in [-0.1, -0.05) is 26.0 Å². The Balaban J connectivity index is 2.13. The Morgan fingerprint density at radius 2 is 1.83 bits per heavy atom. The van der Waals surface area contributed by atoms with Crippen molar-refractivity contribution in [1.82, 2.24) is 20.6 Å². The molecule has 0 spiro atoms. The molecular formula is C20H26N4O4S. The zero-order chi connectivity index (χ0) is 21.4. The maximum Gasteiger partial charge on any atom is 0.328 e. The molecule has 2 aromatic rings. The molecule has 2 atom stereocenters. The summed E-state index contributed by atoms with van der Waals surface area (Å²) in [6.45, 7) is 3.62. The number of thioether (sulfide) groups is 1. The van der Waals surface area contributed by atoms with Crippen LogP contribution in [0.3, 0.4) is 0 Å². The summed E-state index contributed by atoms with van der Waals surface area (Å²) >= 11 is 1.56. The van der Waals surface area contributed by atoms with Gasteiger partial charge >= 0.3 is 5.97 Å². The lowest BCUT2D eigenvalue weighted by Crippen LogP contribution is -2.54. The van der Waals surface area contributed by atoms with E-state index in [9.17, 15) is 14.4 Å². The lowest BCUT2D eigenvalue weighted by Gasteiger charge is -2.24. The van der Waals surface area contributed by atoms with Crippen molar-refractivity contribution >= 4 is 40.6 Å². The Kier molecular flexibility index (Phi) is 8.38. The second-order valence-corrected chi connectivity index (χ2v) is 7.79. The number of rotatable bonds is 9. The number of hydrogen-bond donors (Lipinski definition) is 2. The molecule has 8 nitrogen and oxygen atoms in total. The van der Waals surface area contributed by atoms with Crippen molar-refractivity contribution in [2.24, 2.45) is 5.92 Å². The first-order valence-electron chi connectivity index (χ1n) is 9.27. The van der Waals surface area contributed by atoms with E-state index in [1.54, 1.807) is 23.9 Å². The van der Waals surface area contributed by atoms with Gasteiger partial charge in [0.1, 0.15) is 17.8 Å². The summed E-state index contributed by atoms with van der Waals surface area (Å²) in [5.41, 5.74) is 1.39. The zero-order valence-electron chi connectivity index (χ0n) is 17.0. The summed E-state index contributed by atoms with van der Waals surface area (Å²) in [7, 11) is 1.28. The van der Waals surface area contributed by atoms with Gasteiger partial charge in [-0.25, -0.2) is 9.78 Å². The lowest BCUT2D eigenvalue weighted by atomic mass is 10.0. The molecule has 0 radical (unpaired) electrons. The van der Waals surface area contributed by atoms with Crippen molar-refractivity contribution < 1.29 is 19.1 Å². The van der Waals surface area contributed by atoms with E-state index in [0.717, 1.165) is 0 Å². The summed E-state index contributed by atoms with van der Waals surface area (Å²) in [6.07, 6.45) is 3.73. The van der Waals surface area contributed by atoms with Crippen LogP contribution in [0.1, 0.15) is 30.8 Å². The quantitative estimate of drug-likeness (QED) is 0.598. The fourth-order valence-corrected chi connectivity index (χ4v) is 3.18. The molecule has 0 bridgehead atoms. The minimum Gasteiger partial charge on any atom is -0.467 e. The van der Waals surface area contributed by atoms with Gasteiger partial charge in [-0.15, -0.1) is 0 Å². The van der Waals surface area contributed by atoms with Gasteiger partial charge in [0, 0.05) is 0 Å². The Morgan fingerprint density at radius 3 is 2.45 bits per heavy atom. The van der Waals surface area contributed by atoms with Gasteiger partial charge in [0.25, 0.3) is 5.91 Å². The SMILES string of the molecule is COC(=O)[C@@H](CCSC)NC(=O)[C@H](NC(=O)c1cnc2ccccc2n1)C(C)C. The molecule has 1 heterocycles. The number of carbonyl (C=O) groups excluding carboxylic acids is 3. The highest BCUT2D eigenvalue weighted by atomic mass is 32.2. The third kappa shape index (κ3) is 6.15. The standard InChI is InChI=1S/C20H26N4O4S/c1-12(2)17(19(26)23-15(9-10-29-4)20(27)28-3)24-18(25)16-11-21-13-7-5-6-8-14(13)22-16/h5-8,11-12,15,17H,9-10H2,1-4H3,(H,23,26)(H,24,25)/t15-,17-/m1/s1. The van der Waals surface area contributed by atoms with Crippen LogP contribution < -0.4 is 10.6 Å². The van der Waals surface area contributed by atoms with E-state index < -0.39 is 29.9 Å². The van der Waals surface area contributed by atoms with Gasteiger partial charge in [0.15, 0.2) is 0 Å². The normalized spacial score (nSPS) is 13.0. The molecule has 0 saturated carbocycles. The first-order valence-corrected chi connectivity index (χ1v) is 10.7. The van der Waals surface area contributed by atoms with E-state index in [2.05, 4.69) is 20.6 Å². The molecule has 0 unspecified atom stereocenters. The number of benzene rings is 1. The van der Waals surface area contributed by atoms with Crippen LogP contribution >= 0.6 is 11.8 Å². The van der Waals surface area contributed by atoms with Crippen LogP contribution in [0.4, 0.5) is 0 Å². The molecule has 0 aliphatic carbocycles. The van der Waals surface area contributed by atoms with E-state index in [1.807, 2.05) is 32.2 Å². The molecule has 0 fully saturated rings. The minimum atomic E-state index is -0.836. The van der Waals surface area contributed by atoms with Gasteiger partial charge in [-0.3, -0.25) is 14.6 Å². The summed E-state index contributed by atoms with van der Waals surface area (Å²) in [5, 5.41) is 5.40. The molecule has 0 aliphatic heterocycles. The van der Waals surface area contributed by atoms with Crippen LogP contribution in [0.5, 0.6) is 0 Å². The van der Waals surface area contributed by atoms with Crippen molar-refractivity contribution in [2.75, 3.05) is 19.1 Å². The average molecular weight is 419 g/mol. The molecule has 9 heteroatoms. The summed E-state index contributed by atoms with van der Waals surface area (Å²) in [4.78, 5) is 45.9. The molecule has 0 aliphatic rings. The fraction of sp³-hybridized carbons (Fsp3) is 0.450. The highest BCUT2D eigenvalue weighted by Gasteiger charge is 2.29. The Morgan fingerprint density at radius 1 is 1.14 bits per heavy atom. The van der Waals surface area contributed by atoms with Crippen molar-refractivity contribution in [3.63, 3.8) is 0 Å². The van der Waals surface area contributed by atoms with Crippen LogP contribution in [0.15, 0.2) is 30.5 Å². The van der Waals surface area contributed by atoms with Gasteiger partial charge in [0.2, 0.25) is 5.91 Å². The van der Waals surface area contributed by atoms with Crippen molar-refractivity contribution in [3.8, 4) is 0 Å². The smallest absolute Gasteiger partial charge is 0.328 e. The van der Waals surface area contributed by atoms with Crippen LogP contribution in [0.2, 0.25) is 0 Å². The van der Waals surface area contributed by atoms with E-state index in [4.69, 9.17) is 4.74 Å². The predicted octanol–water partition coefficient (Wildman–Crippen LogP) is 1.80. The van der Waals surface area contributed by atoms with Crippen LogP contribution in [-0.2, 0) is 14.3 Å². The number of nitrogens with zero attached hydrogens (tertiary/aromatic N) is 2. The number of nitrogens with one attached hydrogen (secondary N) is 2. The first-order chi connectivity index (χ1) is 13.9. The second kappa shape index (κ2) is 10.8. The molecule has 0 saturated heterocycles. The Labute approximate surface area is 174 Å². The molecule has 2 rings (SSSR count). The number of hydrogen-bond acceptors (Lipinski definition) is 7.